The number of fused-ring (bicyclic) bond motifs is 4. The fraction of sp³-hybridized carbons (Fsp3) is 0.0877. The molecule has 0 unspecified atom stereocenters. The van der Waals surface area contributed by atoms with E-state index in [1.165, 1.54) is 9.80 Å². The molecular weight excluding hydrogens is 841 g/mol. The predicted octanol–water partition coefficient (Wildman–Crippen LogP) is 11.5. The molecule has 2 heterocycles. The van der Waals surface area contributed by atoms with Gasteiger partial charge in [0.1, 0.15) is 47.7 Å². The van der Waals surface area contributed by atoms with Gasteiger partial charge in [-0.1, -0.05) is 74.2 Å². The zero-order valence-corrected chi connectivity index (χ0v) is 36.2. The molecule has 4 amide bonds. The third kappa shape index (κ3) is 7.53. The van der Waals surface area contributed by atoms with Gasteiger partial charge in [-0.15, -0.1) is 12.8 Å². The van der Waals surface area contributed by atoms with Gasteiger partial charge >= 0.3 is 0 Å². The Morgan fingerprint density at radius 3 is 1.24 bits per heavy atom. The summed E-state index contributed by atoms with van der Waals surface area (Å²) in [6.07, 6.45) is 10.7. The van der Waals surface area contributed by atoms with E-state index in [0.717, 1.165) is 32.7 Å². The minimum Gasteiger partial charge on any atom is -0.480 e. The summed E-state index contributed by atoms with van der Waals surface area (Å²) >= 11 is 0. The molecule has 10 rings (SSSR count). The zero-order chi connectivity index (χ0) is 46.4. The molecule has 0 aliphatic carbocycles. The Hall–Kier alpha value is -9.12. The molecule has 2 aliphatic heterocycles. The topological polar surface area (TPSA) is 112 Å². The van der Waals surface area contributed by atoms with Crippen LogP contribution in [0, 0.1) is 24.7 Å². The second-order valence-corrected chi connectivity index (χ2v) is 16.5. The van der Waals surface area contributed by atoms with Crippen LogP contribution in [0.25, 0.3) is 21.5 Å². The summed E-state index contributed by atoms with van der Waals surface area (Å²) in [5.41, 5.74) is 3.63. The van der Waals surface area contributed by atoms with Crippen LogP contribution in [0.1, 0.15) is 66.4 Å². The second-order valence-electron chi connectivity index (χ2n) is 16.5. The molecule has 0 radical (unpaired) electrons. The van der Waals surface area contributed by atoms with E-state index in [0.29, 0.717) is 57.0 Å². The Morgan fingerprint density at radius 2 is 0.836 bits per heavy atom. The molecule has 0 atom stereocenters. The first kappa shape index (κ1) is 41.9. The summed E-state index contributed by atoms with van der Waals surface area (Å²) in [6, 6.07) is 46.9. The van der Waals surface area contributed by atoms with Crippen molar-refractivity contribution < 1.29 is 38.1 Å². The van der Waals surface area contributed by atoms with Crippen molar-refractivity contribution in [2.45, 2.75) is 19.3 Å². The Kier molecular flexibility index (Phi) is 10.5. The van der Waals surface area contributed by atoms with Crippen molar-refractivity contribution in [2.24, 2.45) is 0 Å². The first-order valence-electron chi connectivity index (χ1n) is 21.3. The molecule has 67 heavy (non-hydrogen) atoms. The fourth-order valence-electron chi connectivity index (χ4n) is 8.61. The van der Waals surface area contributed by atoms with Crippen molar-refractivity contribution in [3.05, 3.63) is 191 Å². The smallest absolute Gasteiger partial charge is 0.266 e. The van der Waals surface area contributed by atoms with E-state index in [-0.39, 0.29) is 24.3 Å². The van der Waals surface area contributed by atoms with Crippen LogP contribution in [0.3, 0.4) is 0 Å². The van der Waals surface area contributed by atoms with Crippen molar-refractivity contribution in [1.82, 2.24) is 0 Å². The quantitative estimate of drug-likeness (QED) is 0.0881. The molecule has 0 N–H and O–H groups in total. The van der Waals surface area contributed by atoms with E-state index in [1.54, 1.807) is 60.7 Å². The highest BCUT2D eigenvalue weighted by molar-refractivity contribution is 6.35. The van der Waals surface area contributed by atoms with Crippen LogP contribution < -0.4 is 28.7 Å². The Morgan fingerprint density at radius 1 is 0.448 bits per heavy atom. The number of nitrogens with zero attached hydrogens (tertiary/aromatic N) is 2. The molecule has 0 bridgehead atoms. The lowest BCUT2D eigenvalue weighted by Gasteiger charge is -2.26. The van der Waals surface area contributed by atoms with Gasteiger partial charge < -0.3 is 18.9 Å². The summed E-state index contributed by atoms with van der Waals surface area (Å²) in [5, 5.41) is 3.23. The number of rotatable bonds is 12. The second kappa shape index (κ2) is 16.8. The number of hydrogen-bond donors (Lipinski definition) is 0. The van der Waals surface area contributed by atoms with Crippen molar-refractivity contribution in [2.75, 3.05) is 23.0 Å². The largest absolute Gasteiger partial charge is 0.480 e. The lowest BCUT2D eigenvalue weighted by molar-refractivity contribution is 0.0910. The van der Waals surface area contributed by atoms with Gasteiger partial charge in [-0.3, -0.25) is 19.2 Å². The van der Waals surface area contributed by atoms with E-state index >= 15 is 0 Å². The minimum atomic E-state index is -0.440. The molecule has 0 aromatic heterocycles. The first-order chi connectivity index (χ1) is 32.5. The van der Waals surface area contributed by atoms with Crippen molar-refractivity contribution >= 4 is 56.5 Å². The maximum atomic E-state index is 13.7. The van der Waals surface area contributed by atoms with Crippen molar-refractivity contribution in [3.63, 3.8) is 0 Å². The summed E-state index contributed by atoms with van der Waals surface area (Å²) in [6.45, 7) is 4.48. The number of anilines is 2. The van der Waals surface area contributed by atoms with E-state index in [2.05, 4.69) is 25.7 Å². The van der Waals surface area contributed by atoms with Crippen LogP contribution in [0.5, 0.6) is 34.5 Å². The van der Waals surface area contributed by atoms with Gasteiger partial charge in [0, 0.05) is 16.2 Å². The Bertz CT molecular complexity index is 3220. The van der Waals surface area contributed by atoms with Crippen molar-refractivity contribution in [1.29, 1.82) is 0 Å². The average Bonchev–Trinajstić information content (AvgIpc) is 3.74. The summed E-state index contributed by atoms with van der Waals surface area (Å²) in [7, 11) is 0. The highest BCUT2D eigenvalue weighted by Crippen LogP contribution is 2.39. The lowest BCUT2D eigenvalue weighted by Crippen LogP contribution is -2.29. The van der Waals surface area contributed by atoms with Crippen LogP contribution in [-0.2, 0) is 5.41 Å². The van der Waals surface area contributed by atoms with Crippen LogP contribution in [0.15, 0.2) is 158 Å². The molecule has 0 fully saturated rings. The molecular formula is C57H38N2O8. The van der Waals surface area contributed by atoms with E-state index in [4.69, 9.17) is 31.8 Å². The monoisotopic (exact) mass is 878 g/mol. The average molecular weight is 879 g/mol. The maximum absolute atomic E-state index is 13.7. The molecule has 10 heteroatoms. The SMILES string of the molecule is C#CCOc1cccc2cc(N3C(=O)c4ccc(Oc5ccc(C(C)(C)c6ccc(Oc7ccc8c(c7)C(=O)N(c7ccc9c(OCC#C)cccc9c7)C8=O)cc6)cc5)cc4C3=O)ccc12. The van der Waals surface area contributed by atoms with Gasteiger partial charge in [-0.25, -0.2) is 9.80 Å². The molecule has 0 spiro atoms. The van der Waals surface area contributed by atoms with Gasteiger partial charge in [-0.05, 0) is 131 Å². The number of terminal acetylenes is 2. The predicted molar refractivity (Wildman–Crippen MR) is 257 cm³/mol. The number of carbonyl (C=O) groups is 4. The first-order valence-corrected chi connectivity index (χ1v) is 21.3. The van der Waals surface area contributed by atoms with Crippen LogP contribution in [0.2, 0.25) is 0 Å². The van der Waals surface area contributed by atoms with Crippen molar-refractivity contribution in [3.8, 4) is 59.2 Å². The number of imide groups is 2. The molecule has 0 saturated carbocycles. The zero-order valence-electron chi connectivity index (χ0n) is 36.2. The number of ether oxygens (including phenoxy) is 4. The van der Waals surface area contributed by atoms with Gasteiger partial charge in [-0.2, -0.15) is 0 Å². The summed E-state index contributed by atoms with van der Waals surface area (Å²) in [4.78, 5) is 56.8. The Labute approximate surface area is 385 Å². The van der Waals surface area contributed by atoms with Crippen LogP contribution in [0.4, 0.5) is 11.4 Å². The van der Waals surface area contributed by atoms with Gasteiger partial charge in [0.2, 0.25) is 0 Å². The highest BCUT2D eigenvalue weighted by Gasteiger charge is 2.38. The molecule has 0 saturated heterocycles. The molecule has 8 aromatic rings. The summed E-state index contributed by atoms with van der Waals surface area (Å²) in [5.74, 6) is 6.42. The third-order valence-corrected chi connectivity index (χ3v) is 12.1. The van der Waals surface area contributed by atoms with Crippen LogP contribution in [-0.4, -0.2) is 36.8 Å². The standard InChI is InChI=1S/C57H38N2O8/c1-5-29-64-51-11-7-9-35-31-39(17-25-45(35)51)58-53(60)47-27-23-43(33-49(47)55(58)62)66-41-19-13-37(14-20-41)57(3,4)38-15-21-42(22-16-38)67-44-24-28-48-50(34-44)56(63)59(54(48)61)40-18-26-46-36(32-40)10-8-12-52(46)65-30-6-2/h1-2,7-28,31-34H,29-30H2,3-4H3. The van der Waals surface area contributed by atoms with Gasteiger partial charge in [0.25, 0.3) is 23.6 Å². The summed E-state index contributed by atoms with van der Waals surface area (Å²) < 4.78 is 23.7. The third-order valence-electron chi connectivity index (χ3n) is 12.1. The van der Waals surface area contributed by atoms with Gasteiger partial charge in [0.15, 0.2) is 0 Å². The normalized spacial score (nSPS) is 13.1. The van der Waals surface area contributed by atoms with E-state index < -0.39 is 29.0 Å². The molecule has 2 aliphatic rings. The Balaban J connectivity index is 0.794. The lowest BCUT2D eigenvalue weighted by atomic mass is 9.78. The van der Waals surface area contributed by atoms with Gasteiger partial charge in [0.05, 0.1) is 33.6 Å². The number of amides is 4. The fourth-order valence-corrected chi connectivity index (χ4v) is 8.61. The molecule has 8 aromatic carbocycles. The number of carbonyl (C=O) groups excluding carboxylic acids is 4. The maximum Gasteiger partial charge on any atom is 0.266 e. The number of benzene rings is 8. The van der Waals surface area contributed by atoms with Crippen LogP contribution >= 0.6 is 0 Å². The molecule has 324 valence electrons. The highest BCUT2D eigenvalue weighted by atomic mass is 16.5. The van der Waals surface area contributed by atoms with E-state index in [9.17, 15) is 19.2 Å². The van der Waals surface area contributed by atoms with E-state index in [1.807, 2.05) is 97.1 Å². The minimum absolute atomic E-state index is 0.123. The number of hydrogen-bond acceptors (Lipinski definition) is 8. The molecule has 10 nitrogen and oxygen atoms in total.